The van der Waals surface area contributed by atoms with E-state index in [2.05, 4.69) is 67.6 Å². The average Bonchev–Trinajstić information content (AvgIpc) is 3.63. The molecule has 8 nitrogen and oxygen atoms in total. The minimum absolute atomic E-state index is 0.280. The Morgan fingerprint density at radius 1 is 1.06 bits per heavy atom. The fourth-order valence-electron chi connectivity index (χ4n) is 5.17. The second-order valence-corrected chi connectivity index (χ2v) is 14.8. The van der Waals surface area contributed by atoms with Gasteiger partial charge in [-0.3, -0.25) is 9.89 Å². The van der Waals surface area contributed by atoms with Gasteiger partial charge in [0.25, 0.3) is 0 Å². The molecule has 0 aliphatic carbocycles. The van der Waals surface area contributed by atoms with Crippen molar-refractivity contribution in [3.8, 4) is 22.8 Å². The second-order valence-electron chi connectivity index (χ2n) is 12.8. The summed E-state index contributed by atoms with van der Waals surface area (Å²) < 4.78 is 42.9. The van der Waals surface area contributed by atoms with Crippen LogP contribution < -0.4 is 9.64 Å². The zero-order valence-corrected chi connectivity index (χ0v) is 30.0. The summed E-state index contributed by atoms with van der Waals surface area (Å²) in [5.74, 6) is 2.31. The summed E-state index contributed by atoms with van der Waals surface area (Å²) in [7, 11) is 0. The summed E-state index contributed by atoms with van der Waals surface area (Å²) in [6.45, 7) is 13.1. The van der Waals surface area contributed by atoms with Gasteiger partial charge in [0.15, 0.2) is 21.9 Å². The first-order chi connectivity index (χ1) is 23.2. The molecule has 1 unspecified atom stereocenters. The van der Waals surface area contributed by atoms with Gasteiger partial charge < -0.3 is 9.84 Å². The average molecular weight is 711 g/mol. The van der Waals surface area contributed by atoms with Gasteiger partial charge in [-0.05, 0) is 79.1 Å². The van der Waals surface area contributed by atoms with Crippen LogP contribution in [0, 0.1) is 12.8 Å². The number of hydrogen-bond acceptors (Lipinski definition) is 7. The van der Waals surface area contributed by atoms with Crippen LogP contribution in [0.2, 0.25) is 0 Å². The van der Waals surface area contributed by atoms with Crippen molar-refractivity contribution in [2.45, 2.75) is 66.0 Å². The summed E-state index contributed by atoms with van der Waals surface area (Å²) >= 11 is 3.18. The zero-order chi connectivity index (χ0) is 35.3. The molecule has 0 spiro atoms. The van der Waals surface area contributed by atoms with Crippen LogP contribution in [-0.4, -0.2) is 60.3 Å². The Balaban J connectivity index is 1.29. The predicted molar refractivity (Wildman–Crippen MR) is 195 cm³/mol. The number of ether oxygens (including phenoxy) is 1. The van der Waals surface area contributed by atoms with E-state index >= 15 is 0 Å². The van der Waals surface area contributed by atoms with Crippen LogP contribution in [0.15, 0.2) is 83.0 Å². The van der Waals surface area contributed by atoms with Gasteiger partial charge in [-0.15, -0.1) is 18.3 Å². The standard InChI is InChI=1S/C36H41F3N6O2S2/c1-23(2)20-48-33(42-34-45(35(6,46)21-49-34)31-19-25(5)7-16-30(31)24(3)4)40-18-17-26-8-10-27(11-9-26)32-41-22-44(43-32)28-12-14-29(15-13-28)47-36(37,38)39/h7-16,19,22-24,46H,17-18,20-21H2,1-6H3/b40-33?,42-34-. The number of aliphatic imine (C=N–C) groups is 2. The van der Waals surface area contributed by atoms with Crippen molar-refractivity contribution >= 4 is 39.5 Å². The predicted octanol–water partition coefficient (Wildman–Crippen LogP) is 8.87. The van der Waals surface area contributed by atoms with E-state index in [1.807, 2.05) is 36.1 Å². The molecule has 0 bridgehead atoms. The molecular formula is C36H41F3N6O2S2. The number of anilines is 1. The number of aromatic nitrogens is 3. The third kappa shape index (κ3) is 9.67. The maximum atomic E-state index is 12.5. The number of thioether (sulfide) groups is 2. The highest BCUT2D eigenvalue weighted by Crippen LogP contribution is 2.40. The number of aryl methyl sites for hydroxylation is 1. The van der Waals surface area contributed by atoms with Crippen molar-refractivity contribution in [1.82, 2.24) is 14.8 Å². The molecule has 4 aromatic rings. The van der Waals surface area contributed by atoms with Crippen molar-refractivity contribution in [3.63, 3.8) is 0 Å². The third-order valence-corrected chi connectivity index (χ3v) is 10.2. The van der Waals surface area contributed by atoms with Crippen LogP contribution in [0.4, 0.5) is 18.9 Å². The van der Waals surface area contributed by atoms with Gasteiger partial charge in [-0.25, -0.2) is 9.67 Å². The number of hydrogen-bond donors (Lipinski definition) is 1. The lowest BCUT2D eigenvalue weighted by molar-refractivity contribution is -0.274. The van der Waals surface area contributed by atoms with Crippen molar-refractivity contribution in [3.05, 3.63) is 89.7 Å². The van der Waals surface area contributed by atoms with E-state index in [0.29, 0.717) is 41.3 Å². The van der Waals surface area contributed by atoms with Crippen LogP contribution in [0.5, 0.6) is 5.75 Å². The monoisotopic (exact) mass is 710 g/mol. The first kappa shape index (κ1) is 36.5. The maximum Gasteiger partial charge on any atom is 0.573 e. The number of benzene rings is 3. The van der Waals surface area contributed by atoms with Crippen LogP contribution in [-0.2, 0) is 6.42 Å². The Morgan fingerprint density at radius 3 is 2.43 bits per heavy atom. The first-order valence-electron chi connectivity index (χ1n) is 16.1. The molecule has 49 heavy (non-hydrogen) atoms. The molecule has 2 heterocycles. The van der Waals surface area contributed by atoms with E-state index in [-0.39, 0.29) is 11.7 Å². The smallest absolute Gasteiger partial charge is 0.406 e. The van der Waals surface area contributed by atoms with Gasteiger partial charge in [0, 0.05) is 29.3 Å². The van der Waals surface area contributed by atoms with E-state index in [1.165, 1.54) is 35.3 Å². The van der Waals surface area contributed by atoms with E-state index in [0.717, 1.165) is 38.9 Å². The number of alkyl halides is 3. The summed E-state index contributed by atoms with van der Waals surface area (Å²) in [5.41, 5.74) is 4.63. The molecule has 1 aliphatic heterocycles. The Morgan fingerprint density at radius 2 is 1.78 bits per heavy atom. The van der Waals surface area contributed by atoms with Gasteiger partial charge in [0.2, 0.25) is 0 Å². The maximum absolute atomic E-state index is 12.5. The van der Waals surface area contributed by atoms with E-state index in [4.69, 9.17) is 9.98 Å². The highest BCUT2D eigenvalue weighted by atomic mass is 32.2. The number of halogens is 3. The molecule has 13 heteroatoms. The number of nitrogens with zero attached hydrogens (tertiary/aromatic N) is 6. The van der Waals surface area contributed by atoms with Gasteiger partial charge >= 0.3 is 6.36 Å². The lowest BCUT2D eigenvalue weighted by Gasteiger charge is -2.33. The molecule has 1 aromatic heterocycles. The summed E-state index contributed by atoms with van der Waals surface area (Å²) in [6, 6.07) is 19.7. The van der Waals surface area contributed by atoms with Crippen LogP contribution in [0.3, 0.4) is 0 Å². The Hall–Kier alpha value is -3.81. The lowest BCUT2D eigenvalue weighted by Crippen LogP contribution is -2.45. The third-order valence-electron chi connectivity index (χ3n) is 7.62. The Bertz CT molecular complexity index is 1790. The lowest BCUT2D eigenvalue weighted by atomic mass is 9.98. The molecule has 3 aromatic carbocycles. The van der Waals surface area contributed by atoms with Crippen molar-refractivity contribution in [2.75, 3.05) is 23.0 Å². The number of rotatable bonds is 10. The number of aliphatic hydroxyl groups is 1. The molecule has 0 radical (unpaired) electrons. The van der Waals surface area contributed by atoms with Gasteiger partial charge in [0.05, 0.1) is 5.69 Å². The fourth-order valence-corrected chi connectivity index (χ4v) is 7.16. The minimum Gasteiger partial charge on any atom is -0.406 e. The highest BCUT2D eigenvalue weighted by molar-refractivity contribution is 8.15. The van der Waals surface area contributed by atoms with Crippen LogP contribution in [0.25, 0.3) is 17.1 Å². The molecule has 1 atom stereocenters. The second kappa shape index (κ2) is 15.4. The summed E-state index contributed by atoms with van der Waals surface area (Å²) in [6.07, 6.45) is -2.53. The summed E-state index contributed by atoms with van der Waals surface area (Å²) in [5, 5.41) is 17.4. The van der Waals surface area contributed by atoms with Crippen molar-refractivity contribution in [2.24, 2.45) is 15.9 Å². The van der Waals surface area contributed by atoms with Gasteiger partial charge in [-0.1, -0.05) is 87.6 Å². The molecule has 5 rings (SSSR count). The highest BCUT2D eigenvalue weighted by Gasteiger charge is 2.41. The van der Waals surface area contributed by atoms with Crippen molar-refractivity contribution in [1.29, 1.82) is 0 Å². The number of amidine groups is 2. The van der Waals surface area contributed by atoms with E-state index in [1.54, 1.807) is 23.5 Å². The molecule has 1 fully saturated rings. The minimum atomic E-state index is -4.75. The fraction of sp³-hybridized carbons (Fsp3) is 0.389. The van der Waals surface area contributed by atoms with Crippen LogP contribution in [0.1, 0.15) is 57.2 Å². The molecule has 1 N–H and O–H groups in total. The van der Waals surface area contributed by atoms with Gasteiger partial charge in [-0.2, -0.15) is 4.99 Å². The quantitative estimate of drug-likeness (QED) is 0.130. The first-order valence-corrected chi connectivity index (χ1v) is 18.0. The largest absolute Gasteiger partial charge is 0.573 e. The molecule has 1 aliphatic rings. The van der Waals surface area contributed by atoms with Crippen LogP contribution >= 0.6 is 23.5 Å². The van der Waals surface area contributed by atoms with Crippen molar-refractivity contribution < 1.29 is 23.0 Å². The molecule has 0 amide bonds. The zero-order valence-electron chi connectivity index (χ0n) is 28.4. The topological polar surface area (TPSA) is 88.1 Å². The van der Waals surface area contributed by atoms with E-state index in [9.17, 15) is 18.3 Å². The molecular weight excluding hydrogens is 670 g/mol. The van der Waals surface area contributed by atoms with Gasteiger partial charge in [0.1, 0.15) is 12.1 Å². The molecule has 0 saturated carbocycles. The molecule has 260 valence electrons. The Labute approximate surface area is 293 Å². The normalized spacial score (nSPS) is 17.9. The Kier molecular flexibility index (Phi) is 11.5. The molecule has 1 saturated heterocycles. The SMILES string of the molecule is Cc1ccc(C(C)C)c(N2/C(=N/C(=NCCc3ccc(-c4ncn(-c5ccc(OC(F)(F)F)cc5)n4)cc3)SCC(C)C)SCC2(C)O)c1. The van der Waals surface area contributed by atoms with E-state index < -0.39 is 12.1 Å². The summed E-state index contributed by atoms with van der Waals surface area (Å²) in [4.78, 5) is 16.3.